The Kier molecular flexibility index (Phi) is 5.23. The second-order valence-electron chi connectivity index (χ2n) is 4.92. The first kappa shape index (κ1) is 16.1. The lowest BCUT2D eigenvalue weighted by molar-refractivity contribution is 0.232. The lowest BCUT2D eigenvalue weighted by atomic mass is 10.1. The highest BCUT2D eigenvalue weighted by atomic mass is 35.5. The number of carbonyl (C=O) groups is 1. The van der Waals surface area contributed by atoms with E-state index in [0.29, 0.717) is 5.02 Å². The van der Waals surface area contributed by atoms with Gasteiger partial charge < -0.3 is 0 Å². The third-order valence-electron chi connectivity index (χ3n) is 3.49. The molecule has 4 heteroatoms. The number of urea groups is 1. The summed E-state index contributed by atoms with van der Waals surface area (Å²) in [6.07, 6.45) is 1.92. The van der Waals surface area contributed by atoms with Crippen molar-refractivity contribution in [1.82, 2.24) is 4.90 Å². The highest BCUT2D eigenvalue weighted by molar-refractivity contribution is 6.30. The van der Waals surface area contributed by atoms with E-state index in [9.17, 15) is 4.79 Å². The zero-order chi connectivity index (χ0) is 16.1. The molecule has 2 amide bonds. The van der Waals surface area contributed by atoms with Gasteiger partial charge in [-0.2, -0.15) is 0 Å². The Morgan fingerprint density at radius 3 is 2.14 bits per heavy atom. The summed E-state index contributed by atoms with van der Waals surface area (Å²) < 4.78 is 0. The maximum absolute atomic E-state index is 12.7. The molecule has 2 aromatic carbocycles. The summed E-state index contributed by atoms with van der Waals surface area (Å²) in [5, 5.41) is 0.676. The number of anilines is 1. The fourth-order valence-electron chi connectivity index (χ4n) is 2.26. The molecule has 0 N–H and O–H groups in total. The van der Waals surface area contributed by atoms with Crippen molar-refractivity contribution in [1.29, 1.82) is 0 Å². The van der Waals surface area contributed by atoms with Gasteiger partial charge in [-0.25, -0.2) is 4.79 Å². The molecule has 0 fully saturated rings. The van der Waals surface area contributed by atoms with E-state index in [1.165, 1.54) is 0 Å². The SMILES string of the molecule is C/C=C(/c1ccc(Cl)cc1)N(C)C(=O)N(C)c1ccccc1. The van der Waals surface area contributed by atoms with Crippen LogP contribution in [0.5, 0.6) is 0 Å². The van der Waals surface area contributed by atoms with Crippen molar-refractivity contribution < 1.29 is 4.79 Å². The number of benzene rings is 2. The predicted molar refractivity (Wildman–Crippen MR) is 93.1 cm³/mol. The second-order valence-corrected chi connectivity index (χ2v) is 5.35. The molecule has 0 aromatic heterocycles. The molecule has 0 radical (unpaired) electrons. The first-order valence-corrected chi connectivity index (χ1v) is 7.41. The van der Waals surface area contributed by atoms with E-state index in [4.69, 9.17) is 11.6 Å². The van der Waals surface area contributed by atoms with Crippen molar-refractivity contribution in [3.05, 3.63) is 71.3 Å². The second kappa shape index (κ2) is 7.14. The fraction of sp³-hybridized carbons (Fsp3) is 0.167. The van der Waals surface area contributed by atoms with Crippen LogP contribution in [-0.2, 0) is 0 Å². The number of hydrogen-bond donors (Lipinski definition) is 0. The number of amides is 2. The monoisotopic (exact) mass is 314 g/mol. The molecule has 0 spiro atoms. The minimum Gasteiger partial charge on any atom is -0.297 e. The van der Waals surface area contributed by atoms with Crippen LogP contribution in [0.1, 0.15) is 12.5 Å². The Balaban J connectivity index is 2.23. The summed E-state index contributed by atoms with van der Waals surface area (Å²) in [4.78, 5) is 15.9. The number of rotatable bonds is 3. The zero-order valence-electron chi connectivity index (χ0n) is 13.0. The zero-order valence-corrected chi connectivity index (χ0v) is 13.7. The van der Waals surface area contributed by atoms with Gasteiger partial charge in [-0.15, -0.1) is 0 Å². The van der Waals surface area contributed by atoms with Gasteiger partial charge in [-0.1, -0.05) is 48.0 Å². The van der Waals surface area contributed by atoms with Gasteiger partial charge in [-0.05, 0) is 36.8 Å². The van der Waals surface area contributed by atoms with Crippen LogP contribution in [-0.4, -0.2) is 25.0 Å². The standard InChI is InChI=1S/C18H19ClN2O/c1-4-17(14-10-12-15(19)13-11-14)21(3)18(22)20(2)16-8-6-5-7-9-16/h4-13H,1-3H3/b17-4-. The molecule has 114 valence electrons. The molecule has 0 saturated heterocycles. The van der Waals surface area contributed by atoms with Crippen LogP contribution in [0.4, 0.5) is 10.5 Å². The molecule has 0 atom stereocenters. The van der Waals surface area contributed by atoms with Crippen molar-refractivity contribution in [2.45, 2.75) is 6.92 Å². The van der Waals surface area contributed by atoms with Crippen molar-refractivity contribution in [3.8, 4) is 0 Å². The molecule has 0 saturated carbocycles. The van der Waals surface area contributed by atoms with E-state index in [1.807, 2.05) is 67.6 Å². The molecule has 2 rings (SSSR count). The molecule has 0 aliphatic rings. The van der Waals surface area contributed by atoms with Gasteiger partial charge in [0.1, 0.15) is 0 Å². The summed E-state index contributed by atoms with van der Waals surface area (Å²) in [6, 6.07) is 16.9. The van der Waals surface area contributed by atoms with Crippen LogP contribution in [0.3, 0.4) is 0 Å². The van der Waals surface area contributed by atoms with E-state index < -0.39 is 0 Å². The van der Waals surface area contributed by atoms with Gasteiger partial charge in [0, 0.05) is 30.5 Å². The molecule has 0 bridgehead atoms. The lowest BCUT2D eigenvalue weighted by Gasteiger charge is -2.27. The Morgan fingerprint density at radius 1 is 1.00 bits per heavy atom. The number of hydrogen-bond acceptors (Lipinski definition) is 1. The Morgan fingerprint density at radius 2 is 1.59 bits per heavy atom. The third kappa shape index (κ3) is 3.49. The summed E-state index contributed by atoms with van der Waals surface area (Å²) in [5.41, 5.74) is 2.64. The number of allylic oxidation sites excluding steroid dienone is 1. The first-order valence-electron chi connectivity index (χ1n) is 7.03. The molecule has 3 nitrogen and oxygen atoms in total. The molecular weight excluding hydrogens is 296 g/mol. The molecule has 0 aliphatic carbocycles. The van der Waals surface area contributed by atoms with Crippen LogP contribution in [0.15, 0.2) is 60.7 Å². The number of carbonyl (C=O) groups excluding carboxylic acids is 1. The predicted octanol–water partition coefficient (Wildman–Crippen LogP) is 4.89. The number of para-hydroxylation sites is 1. The minimum absolute atomic E-state index is 0.103. The smallest absolute Gasteiger partial charge is 0.297 e. The third-order valence-corrected chi connectivity index (χ3v) is 3.74. The highest BCUT2D eigenvalue weighted by Gasteiger charge is 2.19. The summed E-state index contributed by atoms with van der Waals surface area (Å²) >= 11 is 5.92. The van der Waals surface area contributed by atoms with E-state index in [2.05, 4.69) is 0 Å². The highest BCUT2D eigenvalue weighted by Crippen LogP contribution is 2.22. The largest absolute Gasteiger partial charge is 0.328 e. The maximum atomic E-state index is 12.7. The Bertz CT molecular complexity index is 665. The van der Waals surface area contributed by atoms with Gasteiger partial charge >= 0.3 is 6.03 Å². The Hall–Kier alpha value is -2.26. The van der Waals surface area contributed by atoms with E-state index >= 15 is 0 Å². The molecule has 0 heterocycles. The van der Waals surface area contributed by atoms with Gasteiger partial charge in [0.05, 0.1) is 0 Å². The average Bonchev–Trinajstić information content (AvgIpc) is 2.56. The summed E-state index contributed by atoms with van der Waals surface area (Å²) in [7, 11) is 3.54. The van der Waals surface area contributed by atoms with E-state index in [1.54, 1.807) is 23.9 Å². The molecule has 2 aromatic rings. The Labute approximate surface area is 136 Å². The molecule has 22 heavy (non-hydrogen) atoms. The van der Waals surface area contributed by atoms with Crippen LogP contribution in [0.2, 0.25) is 5.02 Å². The van der Waals surface area contributed by atoms with Crippen molar-refractivity contribution in [2.24, 2.45) is 0 Å². The van der Waals surface area contributed by atoms with Gasteiger partial charge in [0.25, 0.3) is 0 Å². The normalized spacial score (nSPS) is 11.2. The lowest BCUT2D eigenvalue weighted by Crippen LogP contribution is -2.37. The fourth-order valence-corrected chi connectivity index (χ4v) is 2.39. The summed E-state index contributed by atoms with van der Waals surface area (Å²) in [5.74, 6) is 0. The molecule has 0 aliphatic heterocycles. The topological polar surface area (TPSA) is 23.6 Å². The number of halogens is 1. The summed E-state index contributed by atoms with van der Waals surface area (Å²) in [6.45, 7) is 1.91. The maximum Gasteiger partial charge on any atom is 0.328 e. The van der Waals surface area contributed by atoms with E-state index in [-0.39, 0.29) is 6.03 Å². The first-order chi connectivity index (χ1) is 10.5. The van der Waals surface area contributed by atoms with Crippen molar-refractivity contribution >= 4 is 29.0 Å². The average molecular weight is 315 g/mol. The molecular formula is C18H19ClN2O. The number of nitrogens with zero attached hydrogens (tertiary/aromatic N) is 2. The van der Waals surface area contributed by atoms with Gasteiger partial charge in [0.15, 0.2) is 0 Å². The van der Waals surface area contributed by atoms with Crippen LogP contribution < -0.4 is 4.90 Å². The van der Waals surface area contributed by atoms with Crippen LogP contribution in [0.25, 0.3) is 5.70 Å². The minimum atomic E-state index is -0.103. The quantitative estimate of drug-likeness (QED) is 0.791. The van der Waals surface area contributed by atoms with Crippen molar-refractivity contribution in [2.75, 3.05) is 19.0 Å². The molecule has 0 unspecified atom stereocenters. The van der Waals surface area contributed by atoms with Gasteiger partial charge in [0.2, 0.25) is 0 Å². The van der Waals surface area contributed by atoms with Crippen LogP contribution >= 0.6 is 11.6 Å². The van der Waals surface area contributed by atoms with Crippen LogP contribution in [0, 0.1) is 0 Å². The van der Waals surface area contributed by atoms with E-state index in [0.717, 1.165) is 16.9 Å². The van der Waals surface area contributed by atoms with Gasteiger partial charge in [-0.3, -0.25) is 9.80 Å². The van der Waals surface area contributed by atoms with Crippen molar-refractivity contribution in [3.63, 3.8) is 0 Å².